The summed E-state index contributed by atoms with van der Waals surface area (Å²) >= 11 is 7.21. The van der Waals surface area contributed by atoms with E-state index in [-0.39, 0.29) is 16.8 Å². The van der Waals surface area contributed by atoms with Gasteiger partial charge in [0.05, 0.1) is 10.0 Å². The predicted octanol–water partition coefficient (Wildman–Crippen LogP) is 4.71. The van der Waals surface area contributed by atoms with Crippen LogP contribution in [0, 0.1) is 5.82 Å². The molecule has 1 aromatic heterocycles. The Morgan fingerprint density at radius 2 is 1.92 bits per heavy atom. The van der Waals surface area contributed by atoms with E-state index in [9.17, 15) is 14.0 Å². The lowest BCUT2D eigenvalue weighted by molar-refractivity contribution is -0.133. The van der Waals surface area contributed by atoms with Gasteiger partial charge in [0.1, 0.15) is 5.82 Å². The number of carboxylic acids is 1. The molecule has 0 aliphatic heterocycles. The summed E-state index contributed by atoms with van der Waals surface area (Å²) in [5, 5.41) is 11.6. The minimum absolute atomic E-state index is 0.0236. The number of aliphatic carboxylic acids is 1. The first kappa shape index (κ1) is 16.7. The van der Waals surface area contributed by atoms with E-state index < -0.39 is 17.7 Å². The zero-order valence-corrected chi connectivity index (χ0v) is 14.0. The van der Waals surface area contributed by atoms with Crippen LogP contribution in [0.15, 0.2) is 41.5 Å². The van der Waals surface area contributed by atoms with Crippen molar-refractivity contribution in [2.24, 2.45) is 0 Å². The van der Waals surface area contributed by atoms with Crippen molar-refractivity contribution >= 4 is 40.5 Å². The van der Waals surface area contributed by atoms with Crippen LogP contribution in [0.25, 0.3) is 10.4 Å². The molecule has 3 rings (SSSR count). The van der Waals surface area contributed by atoms with Gasteiger partial charge < -0.3 is 10.4 Å². The average molecular weight is 366 g/mol. The van der Waals surface area contributed by atoms with Gasteiger partial charge in [-0.05, 0) is 49.1 Å². The Hall–Kier alpha value is -2.18. The molecule has 1 aliphatic carbocycles. The van der Waals surface area contributed by atoms with Crippen molar-refractivity contribution in [1.82, 2.24) is 0 Å². The van der Waals surface area contributed by atoms with Gasteiger partial charge in [0, 0.05) is 16.0 Å². The maximum atomic E-state index is 14.3. The lowest BCUT2D eigenvalue weighted by Gasteiger charge is -2.09. The van der Waals surface area contributed by atoms with E-state index >= 15 is 0 Å². The van der Waals surface area contributed by atoms with Crippen molar-refractivity contribution in [3.63, 3.8) is 0 Å². The minimum atomic E-state index is -1.09. The number of anilines is 1. The molecule has 0 saturated carbocycles. The zero-order valence-electron chi connectivity index (χ0n) is 12.4. The molecule has 0 saturated heterocycles. The molecule has 0 fully saturated rings. The summed E-state index contributed by atoms with van der Waals surface area (Å²) in [6.45, 7) is 0. The van der Waals surface area contributed by atoms with E-state index in [0.29, 0.717) is 29.2 Å². The van der Waals surface area contributed by atoms with Crippen LogP contribution >= 0.6 is 22.9 Å². The summed E-state index contributed by atoms with van der Waals surface area (Å²) in [6.07, 6.45) is 1.37. The fraction of sp³-hybridized carbons (Fsp3) is 0.176. The van der Waals surface area contributed by atoms with Crippen molar-refractivity contribution < 1.29 is 19.1 Å². The number of benzene rings is 1. The largest absolute Gasteiger partial charge is 0.478 e. The number of hydrogen-bond acceptors (Lipinski definition) is 3. The van der Waals surface area contributed by atoms with Crippen molar-refractivity contribution in [2.45, 2.75) is 19.3 Å². The van der Waals surface area contributed by atoms with Crippen molar-refractivity contribution in [2.75, 3.05) is 5.32 Å². The Balaban J connectivity index is 1.82. The van der Waals surface area contributed by atoms with Gasteiger partial charge in [-0.1, -0.05) is 17.7 Å². The van der Waals surface area contributed by atoms with Gasteiger partial charge in [0.25, 0.3) is 5.91 Å². The number of hydrogen-bond donors (Lipinski definition) is 2. The van der Waals surface area contributed by atoms with Crippen molar-refractivity contribution in [3.8, 4) is 10.4 Å². The summed E-state index contributed by atoms with van der Waals surface area (Å²) in [5.74, 6) is -2.24. The standard InChI is InChI=1S/C17H13ClFNO3S/c18-15-7-6-14(24-15)9-4-5-13(12(19)8-9)20-16(21)10-2-1-3-11(10)17(22)23/h4-8H,1-3H2,(H,20,21)(H,22,23). The van der Waals surface area contributed by atoms with Crippen LogP contribution in [0.4, 0.5) is 10.1 Å². The Morgan fingerprint density at radius 1 is 1.17 bits per heavy atom. The molecule has 0 atom stereocenters. The SMILES string of the molecule is O=C(O)C1=C(C(=O)Nc2ccc(-c3ccc(Cl)s3)cc2F)CCC1. The maximum Gasteiger partial charge on any atom is 0.332 e. The third-order valence-corrected chi connectivity index (χ3v) is 5.11. The third-order valence-electron chi connectivity index (χ3n) is 3.83. The van der Waals surface area contributed by atoms with Crippen LogP contribution in [-0.2, 0) is 9.59 Å². The first-order valence-electron chi connectivity index (χ1n) is 7.27. The van der Waals surface area contributed by atoms with Gasteiger partial charge in [-0.15, -0.1) is 11.3 Å². The first-order valence-corrected chi connectivity index (χ1v) is 8.47. The number of amides is 1. The van der Waals surface area contributed by atoms with Crippen LogP contribution in [0.2, 0.25) is 4.34 Å². The second-order valence-electron chi connectivity index (χ2n) is 5.37. The van der Waals surface area contributed by atoms with Gasteiger partial charge >= 0.3 is 5.97 Å². The Kier molecular flexibility index (Phi) is 4.69. The number of carbonyl (C=O) groups excluding carboxylic acids is 1. The molecule has 0 spiro atoms. The molecule has 0 radical (unpaired) electrons. The molecule has 24 heavy (non-hydrogen) atoms. The van der Waals surface area contributed by atoms with E-state index in [1.54, 1.807) is 18.2 Å². The fourth-order valence-corrected chi connectivity index (χ4v) is 3.71. The van der Waals surface area contributed by atoms with Crippen LogP contribution in [0.5, 0.6) is 0 Å². The molecule has 0 unspecified atom stereocenters. The molecule has 2 N–H and O–H groups in total. The fourth-order valence-electron chi connectivity index (χ4n) is 2.67. The molecule has 1 aliphatic rings. The summed E-state index contributed by atoms with van der Waals surface area (Å²) in [5.41, 5.74) is 1.01. The van der Waals surface area contributed by atoms with Gasteiger partial charge in [-0.25, -0.2) is 9.18 Å². The highest BCUT2D eigenvalue weighted by Crippen LogP contribution is 2.33. The van der Waals surface area contributed by atoms with Crippen LogP contribution in [0.3, 0.4) is 0 Å². The van der Waals surface area contributed by atoms with Gasteiger partial charge in [0.15, 0.2) is 0 Å². The first-order chi connectivity index (χ1) is 11.5. The van der Waals surface area contributed by atoms with E-state index in [1.807, 2.05) is 0 Å². The average Bonchev–Trinajstić information content (AvgIpc) is 3.18. The normalized spacial score (nSPS) is 14.1. The quantitative estimate of drug-likeness (QED) is 0.824. The number of rotatable bonds is 4. The number of thiophene rings is 1. The van der Waals surface area contributed by atoms with Crippen LogP contribution in [0.1, 0.15) is 19.3 Å². The second kappa shape index (κ2) is 6.75. The molecule has 4 nitrogen and oxygen atoms in total. The van der Waals surface area contributed by atoms with Gasteiger partial charge in [0.2, 0.25) is 0 Å². The highest BCUT2D eigenvalue weighted by Gasteiger charge is 2.25. The van der Waals surface area contributed by atoms with E-state index in [2.05, 4.69) is 5.32 Å². The van der Waals surface area contributed by atoms with E-state index in [0.717, 1.165) is 4.88 Å². The molecular formula is C17H13ClFNO3S. The third kappa shape index (κ3) is 3.34. The molecule has 1 aromatic carbocycles. The Bertz CT molecular complexity index is 859. The maximum absolute atomic E-state index is 14.3. The van der Waals surface area contributed by atoms with Gasteiger partial charge in [-0.2, -0.15) is 0 Å². The van der Waals surface area contributed by atoms with Gasteiger partial charge in [-0.3, -0.25) is 4.79 Å². The number of carboxylic acid groups (broad SMARTS) is 1. The lowest BCUT2D eigenvalue weighted by Crippen LogP contribution is -2.17. The van der Waals surface area contributed by atoms with E-state index in [1.165, 1.54) is 23.5 Å². The predicted molar refractivity (Wildman–Crippen MR) is 91.9 cm³/mol. The highest BCUT2D eigenvalue weighted by molar-refractivity contribution is 7.19. The molecule has 1 amide bonds. The monoisotopic (exact) mass is 365 g/mol. The molecule has 1 heterocycles. The van der Waals surface area contributed by atoms with Crippen molar-refractivity contribution in [1.29, 1.82) is 0 Å². The second-order valence-corrected chi connectivity index (χ2v) is 7.08. The Labute approximate surface area is 146 Å². The molecule has 0 bridgehead atoms. The van der Waals surface area contributed by atoms with E-state index in [4.69, 9.17) is 16.7 Å². The molecule has 124 valence electrons. The molecule has 2 aromatic rings. The number of nitrogens with one attached hydrogen (secondary N) is 1. The minimum Gasteiger partial charge on any atom is -0.478 e. The lowest BCUT2D eigenvalue weighted by atomic mass is 10.1. The number of carbonyl (C=O) groups is 2. The summed E-state index contributed by atoms with van der Waals surface area (Å²) in [4.78, 5) is 24.2. The Morgan fingerprint density at radius 3 is 2.54 bits per heavy atom. The smallest absolute Gasteiger partial charge is 0.332 e. The highest BCUT2D eigenvalue weighted by atomic mass is 35.5. The van der Waals surface area contributed by atoms with Crippen LogP contribution < -0.4 is 5.32 Å². The van der Waals surface area contributed by atoms with Crippen LogP contribution in [-0.4, -0.2) is 17.0 Å². The zero-order chi connectivity index (χ0) is 17.3. The summed E-state index contributed by atoms with van der Waals surface area (Å²) in [7, 11) is 0. The topological polar surface area (TPSA) is 66.4 Å². The summed E-state index contributed by atoms with van der Waals surface area (Å²) < 4.78 is 14.9. The molecule has 7 heteroatoms. The number of halogens is 2. The molecular weight excluding hydrogens is 353 g/mol. The summed E-state index contributed by atoms with van der Waals surface area (Å²) in [6, 6.07) is 7.99. The van der Waals surface area contributed by atoms with Crippen molar-refractivity contribution in [3.05, 3.63) is 51.6 Å².